The first-order chi connectivity index (χ1) is 7.63. The maximum absolute atomic E-state index is 10.4. The molecular weight excluding hydrogens is 208 g/mol. The van der Waals surface area contributed by atoms with Crippen LogP contribution in [0.4, 0.5) is 0 Å². The van der Waals surface area contributed by atoms with Crippen LogP contribution in [0.1, 0.15) is 25.3 Å². The van der Waals surface area contributed by atoms with Gasteiger partial charge in [0, 0.05) is 12.0 Å². The lowest BCUT2D eigenvalue weighted by molar-refractivity contribution is -0.137. The summed E-state index contributed by atoms with van der Waals surface area (Å²) < 4.78 is 5.56. The van der Waals surface area contributed by atoms with Gasteiger partial charge in [-0.15, -0.1) is 0 Å². The summed E-state index contributed by atoms with van der Waals surface area (Å²) in [7, 11) is 0. The summed E-state index contributed by atoms with van der Waals surface area (Å²) >= 11 is 0. The van der Waals surface area contributed by atoms with E-state index in [4.69, 9.17) is 14.9 Å². The van der Waals surface area contributed by atoms with E-state index in [1.54, 1.807) is 12.1 Å². The second-order valence-corrected chi connectivity index (χ2v) is 3.63. The van der Waals surface area contributed by atoms with Crippen molar-refractivity contribution < 1.29 is 19.7 Å². The van der Waals surface area contributed by atoms with Gasteiger partial charge in [-0.2, -0.15) is 0 Å². The van der Waals surface area contributed by atoms with Crippen molar-refractivity contribution in [2.24, 2.45) is 0 Å². The molecule has 0 radical (unpaired) electrons. The molecule has 0 aliphatic rings. The largest absolute Gasteiger partial charge is 0.490 e. The third kappa shape index (κ3) is 3.90. The average Bonchev–Trinajstić information content (AvgIpc) is 2.27. The number of aliphatic hydroxyl groups excluding tert-OH is 1. The van der Waals surface area contributed by atoms with Crippen LogP contribution < -0.4 is 4.74 Å². The standard InChI is InChI=1S/C12H16O4/c1-9(6-7-12(14)15)16-11-5-3-2-4-10(11)8-13/h2-5,9,13H,6-8H2,1H3,(H,14,15). The van der Waals surface area contributed by atoms with Crippen LogP contribution in [-0.2, 0) is 11.4 Å². The molecule has 0 heterocycles. The number of benzene rings is 1. The second kappa shape index (κ2) is 6.12. The molecule has 0 saturated carbocycles. The van der Waals surface area contributed by atoms with Crippen LogP contribution in [0.5, 0.6) is 5.75 Å². The number of aliphatic hydroxyl groups is 1. The van der Waals surface area contributed by atoms with Gasteiger partial charge in [-0.05, 0) is 19.4 Å². The SMILES string of the molecule is CC(CCC(=O)O)Oc1ccccc1CO. The minimum absolute atomic E-state index is 0.0815. The van der Waals surface area contributed by atoms with Gasteiger partial charge in [0.2, 0.25) is 0 Å². The van der Waals surface area contributed by atoms with E-state index in [1.807, 2.05) is 19.1 Å². The molecule has 1 rings (SSSR count). The zero-order valence-electron chi connectivity index (χ0n) is 9.22. The Morgan fingerprint density at radius 3 is 2.75 bits per heavy atom. The molecule has 1 unspecified atom stereocenters. The monoisotopic (exact) mass is 224 g/mol. The first kappa shape index (κ1) is 12.5. The molecule has 2 N–H and O–H groups in total. The fourth-order valence-corrected chi connectivity index (χ4v) is 1.35. The van der Waals surface area contributed by atoms with Crippen molar-refractivity contribution in [3.8, 4) is 5.75 Å². The molecule has 0 spiro atoms. The van der Waals surface area contributed by atoms with Gasteiger partial charge in [-0.3, -0.25) is 4.79 Å². The van der Waals surface area contributed by atoms with Gasteiger partial charge in [0.1, 0.15) is 5.75 Å². The Labute approximate surface area is 94.5 Å². The van der Waals surface area contributed by atoms with Gasteiger partial charge in [-0.25, -0.2) is 0 Å². The molecule has 16 heavy (non-hydrogen) atoms. The summed E-state index contributed by atoms with van der Waals surface area (Å²) in [6.07, 6.45) is 0.362. The Morgan fingerprint density at radius 2 is 2.12 bits per heavy atom. The third-order valence-electron chi connectivity index (χ3n) is 2.24. The number of carbonyl (C=O) groups is 1. The molecule has 0 aromatic heterocycles. The normalized spacial score (nSPS) is 12.1. The molecular formula is C12H16O4. The molecule has 4 heteroatoms. The lowest BCUT2D eigenvalue weighted by Crippen LogP contribution is -2.14. The lowest BCUT2D eigenvalue weighted by atomic mass is 10.2. The Balaban J connectivity index is 2.55. The summed E-state index contributed by atoms with van der Waals surface area (Å²) in [5, 5.41) is 17.6. The topological polar surface area (TPSA) is 66.8 Å². The van der Waals surface area contributed by atoms with E-state index in [0.717, 1.165) is 0 Å². The predicted octanol–water partition coefficient (Wildman–Crippen LogP) is 1.81. The molecule has 0 bridgehead atoms. The van der Waals surface area contributed by atoms with E-state index in [-0.39, 0.29) is 19.1 Å². The highest BCUT2D eigenvalue weighted by atomic mass is 16.5. The highest BCUT2D eigenvalue weighted by molar-refractivity contribution is 5.66. The lowest BCUT2D eigenvalue weighted by Gasteiger charge is -2.15. The first-order valence-corrected chi connectivity index (χ1v) is 5.20. The van der Waals surface area contributed by atoms with E-state index in [9.17, 15) is 4.79 Å². The Bertz CT molecular complexity index is 349. The van der Waals surface area contributed by atoms with Crippen LogP contribution in [0.15, 0.2) is 24.3 Å². The van der Waals surface area contributed by atoms with Crippen molar-refractivity contribution >= 4 is 5.97 Å². The molecule has 1 aromatic carbocycles. The fourth-order valence-electron chi connectivity index (χ4n) is 1.35. The van der Waals surface area contributed by atoms with Gasteiger partial charge >= 0.3 is 5.97 Å². The van der Waals surface area contributed by atoms with Crippen LogP contribution in [-0.4, -0.2) is 22.3 Å². The number of hydrogen-bond acceptors (Lipinski definition) is 3. The van der Waals surface area contributed by atoms with E-state index in [0.29, 0.717) is 17.7 Å². The molecule has 4 nitrogen and oxygen atoms in total. The number of ether oxygens (including phenoxy) is 1. The molecule has 1 atom stereocenters. The van der Waals surface area contributed by atoms with Crippen LogP contribution in [0.3, 0.4) is 0 Å². The van der Waals surface area contributed by atoms with E-state index < -0.39 is 5.97 Å². The number of para-hydroxylation sites is 1. The van der Waals surface area contributed by atoms with Crippen LogP contribution in [0, 0.1) is 0 Å². The number of carboxylic acid groups (broad SMARTS) is 1. The molecule has 0 saturated heterocycles. The van der Waals surface area contributed by atoms with Crippen molar-refractivity contribution in [3.63, 3.8) is 0 Å². The molecule has 88 valence electrons. The minimum atomic E-state index is -0.828. The maximum atomic E-state index is 10.4. The first-order valence-electron chi connectivity index (χ1n) is 5.20. The molecule has 1 aromatic rings. The van der Waals surface area contributed by atoms with E-state index in [1.165, 1.54) is 0 Å². The van der Waals surface area contributed by atoms with Crippen LogP contribution in [0.25, 0.3) is 0 Å². The molecule has 0 aliphatic carbocycles. The van der Waals surface area contributed by atoms with Gasteiger partial charge in [-0.1, -0.05) is 18.2 Å². The Hall–Kier alpha value is -1.55. The maximum Gasteiger partial charge on any atom is 0.303 e. The van der Waals surface area contributed by atoms with Gasteiger partial charge < -0.3 is 14.9 Å². The predicted molar refractivity (Wildman–Crippen MR) is 59.3 cm³/mol. The minimum Gasteiger partial charge on any atom is -0.490 e. The van der Waals surface area contributed by atoms with E-state index in [2.05, 4.69) is 0 Å². The van der Waals surface area contributed by atoms with Crippen molar-refractivity contribution in [1.29, 1.82) is 0 Å². The molecule has 0 aliphatic heterocycles. The summed E-state index contributed by atoms with van der Waals surface area (Å²) in [4.78, 5) is 10.4. The zero-order valence-corrected chi connectivity index (χ0v) is 9.22. The summed E-state index contributed by atoms with van der Waals surface area (Å²) in [6, 6.07) is 7.18. The highest BCUT2D eigenvalue weighted by Crippen LogP contribution is 2.20. The van der Waals surface area contributed by atoms with Crippen molar-refractivity contribution in [2.45, 2.75) is 32.5 Å². The highest BCUT2D eigenvalue weighted by Gasteiger charge is 2.09. The Kier molecular flexibility index (Phi) is 4.79. The van der Waals surface area contributed by atoms with Gasteiger partial charge in [0.15, 0.2) is 0 Å². The Morgan fingerprint density at radius 1 is 1.44 bits per heavy atom. The van der Waals surface area contributed by atoms with Crippen molar-refractivity contribution in [2.75, 3.05) is 0 Å². The number of aliphatic carboxylic acids is 1. The number of carboxylic acids is 1. The summed E-state index contributed by atoms with van der Waals surface area (Å²) in [5.74, 6) is -0.214. The van der Waals surface area contributed by atoms with Gasteiger partial charge in [0.25, 0.3) is 0 Å². The molecule has 0 fully saturated rings. The van der Waals surface area contributed by atoms with Gasteiger partial charge in [0.05, 0.1) is 12.7 Å². The fraction of sp³-hybridized carbons (Fsp3) is 0.417. The third-order valence-corrected chi connectivity index (χ3v) is 2.24. The van der Waals surface area contributed by atoms with Crippen molar-refractivity contribution in [3.05, 3.63) is 29.8 Å². The van der Waals surface area contributed by atoms with Crippen molar-refractivity contribution in [1.82, 2.24) is 0 Å². The number of hydrogen-bond donors (Lipinski definition) is 2. The van der Waals surface area contributed by atoms with Crippen LogP contribution in [0.2, 0.25) is 0 Å². The summed E-state index contributed by atoms with van der Waals surface area (Å²) in [6.45, 7) is 1.74. The molecule has 0 amide bonds. The average molecular weight is 224 g/mol. The van der Waals surface area contributed by atoms with E-state index >= 15 is 0 Å². The zero-order chi connectivity index (χ0) is 12.0. The quantitative estimate of drug-likeness (QED) is 0.773. The second-order valence-electron chi connectivity index (χ2n) is 3.63. The van der Waals surface area contributed by atoms with Crippen LogP contribution >= 0.6 is 0 Å². The number of rotatable bonds is 6. The summed E-state index contributed by atoms with van der Waals surface area (Å²) in [5.41, 5.74) is 0.713. The smallest absolute Gasteiger partial charge is 0.303 e.